The molecule has 94 valence electrons. The molecule has 0 rings (SSSR count). The Bertz CT molecular complexity index is 246. The summed E-state index contributed by atoms with van der Waals surface area (Å²) in [4.78, 5) is 22.2. The van der Waals surface area contributed by atoms with Crippen molar-refractivity contribution in [1.29, 1.82) is 0 Å². The number of rotatable bonds is 6. The van der Waals surface area contributed by atoms with Gasteiger partial charge >= 0.3 is 5.97 Å². The summed E-state index contributed by atoms with van der Waals surface area (Å²) in [6.07, 6.45) is 1.29. The van der Waals surface area contributed by atoms with Crippen LogP contribution in [0.3, 0.4) is 0 Å². The number of carboxylic acid groups (broad SMARTS) is 1. The van der Waals surface area contributed by atoms with E-state index < -0.39 is 12.0 Å². The maximum atomic E-state index is 11.4. The summed E-state index contributed by atoms with van der Waals surface area (Å²) in [7, 11) is 0. The fourth-order valence-electron chi connectivity index (χ4n) is 1.28. The van der Waals surface area contributed by atoms with E-state index in [-0.39, 0.29) is 18.0 Å². The van der Waals surface area contributed by atoms with Gasteiger partial charge in [0.2, 0.25) is 5.91 Å². The summed E-state index contributed by atoms with van der Waals surface area (Å²) in [6.45, 7) is 7.59. The van der Waals surface area contributed by atoms with Crippen LogP contribution in [-0.4, -0.2) is 35.1 Å². The number of carbonyl (C=O) groups excluding carboxylic acids is 1. The second-order valence-electron chi connectivity index (χ2n) is 4.86. The fraction of sp³-hybridized carbons (Fsp3) is 0.818. The molecule has 1 atom stereocenters. The van der Waals surface area contributed by atoms with E-state index in [1.165, 1.54) is 0 Å². The first-order valence-electron chi connectivity index (χ1n) is 5.53. The topological polar surface area (TPSA) is 78.4 Å². The fourth-order valence-corrected chi connectivity index (χ4v) is 1.28. The van der Waals surface area contributed by atoms with Crippen molar-refractivity contribution in [2.75, 3.05) is 6.54 Å². The predicted octanol–water partition coefficient (Wildman–Crippen LogP) is 0.744. The van der Waals surface area contributed by atoms with Crippen LogP contribution in [0, 0.1) is 0 Å². The van der Waals surface area contributed by atoms with Crippen molar-refractivity contribution in [2.45, 2.75) is 52.1 Å². The number of amides is 1. The highest BCUT2D eigenvalue weighted by Crippen LogP contribution is 1.99. The largest absolute Gasteiger partial charge is 0.480 e. The first-order valence-corrected chi connectivity index (χ1v) is 5.53. The Morgan fingerprint density at radius 1 is 1.31 bits per heavy atom. The maximum absolute atomic E-state index is 11.4. The van der Waals surface area contributed by atoms with Gasteiger partial charge in [0.1, 0.15) is 6.04 Å². The van der Waals surface area contributed by atoms with E-state index in [0.29, 0.717) is 6.42 Å². The number of carbonyl (C=O) groups is 2. The Hall–Kier alpha value is -1.10. The first-order chi connectivity index (χ1) is 7.26. The van der Waals surface area contributed by atoms with Crippen molar-refractivity contribution in [2.24, 2.45) is 0 Å². The second-order valence-corrected chi connectivity index (χ2v) is 4.86. The average molecular weight is 230 g/mol. The highest BCUT2D eigenvalue weighted by atomic mass is 16.4. The van der Waals surface area contributed by atoms with Gasteiger partial charge in [0.15, 0.2) is 0 Å². The van der Waals surface area contributed by atoms with Gasteiger partial charge in [-0.25, -0.2) is 0 Å². The third-order valence-electron chi connectivity index (χ3n) is 1.90. The molecule has 1 unspecified atom stereocenters. The van der Waals surface area contributed by atoms with Crippen LogP contribution in [0.1, 0.15) is 40.5 Å². The molecule has 0 fully saturated rings. The first kappa shape index (κ1) is 14.9. The standard InChI is InChI=1S/C11H22N2O3/c1-5-6-8(10(15)16)12-7-9(14)13-11(2,3)4/h8,12H,5-7H2,1-4H3,(H,13,14)(H,15,16). The maximum Gasteiger partial charge on any atom is 0.320 e. The number of hydrogen-bond donors (Lipinski definition) is 3. The summed E-state index contributed by atoms with van der Waals surface area (Å²) in [5.74, 6) is -1.10. The van der Waals surface area contributed by atoms with Crippen LogP contribution in [0.5, 0.6) is 0 Å². The Morgan fingerprint density at radius 2 is 1.88 bits per heavy atom. The molecule has 0 aromatic rings. The second kappa shape index (κ2) is 6.48. The van der Waals surface area contributed by atoms with Crippen LogP contribution in [0.15, 0.2) is 0 Å². The van der Waals surface area contributed by atoms with Crippen molar-refractivity contribution in [1.82, 2.24) is 10.6 Å². The molecule has 0 radical (unpaired) electrons. The van der Waals surface area contributed by atoms with Gasteiger partial charge < -0.3 is 10.4 Å². The molecule has 5 heteroatoms. The molecule has 0 saturated carbocycles. The molecule has 0 aromatic carbocycles. The van der Waals surface area contributed by atoms with Crippen molar-refractivity contribution >= 4 is 11.9 Å². The summed E-state index contributed by atoms with van der Waals surface area (Å²) < 4.78 is 0. The lowest BCUT2D eigenvalue weighted by Gasteiger charge is -2.21. The molecule has 0 aromatic heterocycles. The van der Waals surface area contributed by atoms with Crippen LogP contribution >= 0.6 is 0 Å². The van der Waals surface area contributed by atoms with Crippen molar-refractivity contribution in [3.8, 4) is 0 Å². The van der Waals surface area contributed by atoms with Gasteiger partial charge in [-0.15, -0.1) is 0 Å². The smallest absolute Gasteiger partial charge is 0.320 e. The molecule has 0 aliphatic rings. The van der Waals surface area contributed by atoms with Crippen LogP contribution in [0.2, 0.25) is 0 Å². The highest BCUT2D eigenvalue weighted by Gasteiger charge is 2.18. The molecular formula is C11H22N2O3. The Labute approximate surface area is 96.6 Å². The predicted molar refractivity (Wildman–Crippen MR) is 62.2 cm³/mol. The lowest BCUT2D eigenvalue weighted by Crippen LogP contribution is -2.48. The summed E-state index contributed by atoms with van der Waals surface area (Å²) in [6, 6.07) is -0.643. The molecule has 3 N–H and O–H groups in total. The van der Waals surface area contributed by atoms with Gasteiger partial charge in [0, 0.05) is 5.54 Å². The lowest BCUT2D eigenvalue weighted by molar-refractivity contribution is -0.139. The molecule has 1 amide bonds. The molecular weight excluding hydrogens is 208 g/mol. The average Bonchev–Trinajstić information content (AvgIpc) is 2.08. The third-order valence-corrected chi connectivity index (χ3v) is 1.90. The van der Waals surface area contributed by atoms with Gasteiger partial charge in [0.05, 0.1) is 6.54 Å². The number of carboxylic acids is 1. The van der Waals surface area contributed by atoms with Crippen LogP contribution in [0.25, 0.3) is 0 Å². The van der Waals surface area contributed by atoms with E-state index in [9.17, 15) is 9.59 Å². The minimum Gasteiger partial charge on any atom is -0.480 e. The molecule has 0 bridgehead atoms. The van der Waals surface area contributed by atoms with E-state index in [2.05, 4.69) is 10.6 Å². The molecule has 0 aliphatic heterocycles. The van der Waals surface area contributed by atoms with Gasteiger partial charge in [0.25, 0.3) is 0 Å². The molecule has 0 heterocycles. The van der Waals surface area contributed by atoms with Gasteiger partial charge in [-0.05, 0) is 27.2 Å². The van der Waals surface area contributed by atoms with E-state index >= 15 is 0 Å². The van der Waals surface area contributed by atoms with Gasteiger partial charge in [-0.1, -0.05) is 13.3 Å². The van der Waals surface area contributed by atoms with Crippen molar-refractivity contribution in [3.63, 3.8) is 0 Å². The summed E-state index contributed by atoms with van der Waals surface area (Å²) in [5, 5.41) is 14.3. The van der Waals surface area contributed by atoms with E-state index in [0.717, 1.165) is 6.42 Å². The SMILES string of the molecule is CCCC(NCC(=O)NC(C)(C)C)C(=O)O. The zero-order chi connectivity index (χ0) is 12.8. The molecule has 0 spiro atoms. The number of aliphatic carboxylic acids is 1. The molecule has 0 saturated heterocycles. The van der Waals surface area contributed by atoms with E-state index in [1.807, 2.05) is 27.7 Å². The number of nitrogens with one attached hydrogen (secondary N) is 2. The monoisotopic (exact) mass is 230 g/mol. The number of hydrogen-bond acceptors (Lipinski definition) is 3. The molecule has 16 heavy (non-hydrogen) atoms. The quantitative estimate of drug-likeness (QED) is 0.629. The Kier molecular flexibility index (Phi) is 6.03. The highest BCUT2D eigenvalue weighted by molar-refractivity contribution is 5.80. The summed E-state index contributed by atoms with van der Waals surface area (Å²) in [5.41, 5.74) is -0.289. The van der Waals surface area contributed by atoms with Crippen molar-refractivity contribution < 1.29 is 14.7 Å². The third kappa shape index (κ3) is 7.23. The zero-order valence-corrected chi connectivity index (χ0v) is 10.5. The minimum atomic E-state index is -0.912. The van der Waals surface area contributed by atoms with E-state index in [4.69, 9.17) is 5.11 Å². The molecule has 0 aliphatic carbocycles. The van der Waals surface area contributed by atoms with Gasteiger partial charge in [-0.3, -0.25) is 14.9 Å². The minimum absolute atomic E-state index is 0.0359. The van der Waals surface area contributed by atoms with Gasteiger partial charge in [-0.2, -0.15) is 0 Å². The normalized spacial score (nSPS) is 13.2. The molecule has 5 nitrogen and oxygen atoms in total. The lowest BCUT2D eigenvalue weighted by atomic mass is 10.1. The summed E-state index contributed by atoms with van der Waals surface area (Å²) >= 11 is 0. The van der Waals surface area contributed by atoms with Crippen LogP contribution in [-0.2, 0) is 9.59 Å². The van der Waals surface area contributed by atoms with E-state index in [1.54, 1.807) is 0 Å². The zero-order valence-electron chi connectivity index (χ0n) is 10.5. The van der Waals surface area contributed by atoms with Crippen LogP contribution in [0.4, 0.5) is 0 Å². The Morgan fingerprint density at radius 3 is 2.25 bits per heavy atom. The van der Waals surface area contributed by atoms with Crippen LogP contribution < -0.4 is 10.6 Å². The van der Waals surface area contributed by atoms with Crippen molar-refractivity contribution in [3.05, 3.63) is 0 Å². The Balaban J connectivity index is 4.01.